The number of likely N-dealkylation sites (N-methyl/N-ethyl adjacent to an activating group) is 2. The highest BCUT2D eigenvalue weighted by Crippen LogP contribution is 2.37. The number of hydrogen-bond acceptors (Lipinski definition) is 5. The summed E-state index contributed by atoms with van der Waals surface area (Å²) in [4.78, 5) is 19.8. The molecule has 0 spiro atoms. The maximum atomic E-state index is 13.3. The van der Waals surface area contributed by atoms with Gasteiger partial charge in [-0.05, 0) is 91.6 Å². The highest BCUT2D eigenvalue weighted by atomic mass is 16.5. The van der Waals surface area contributed by atoms with Crippen molar-refractivity contribution in [2.45, 2.75) is 74.0 Å². The second-order valence-electron chi connectivity index (χ2n) is 13.2. The van der Waals surface area contributed by atoms with Crippen molar-refractivity contribution in [1.82, 2.24) is 20.0 Å². The predicted molar refractivity (Wildman–Crippen MR) is 196 cm³/mol. The summed E-state index contributed by atoms with van der Waals surface area (Å²) in [5.74, 6) is 3.72. The number of methoxy groups -OCH3 is 1. The van der Waals surface area contributed by atoms with Crippen LogP contribution >= 0.6 is 0 Å². The van der Waals surface area contributed by atoms with E-state index in [1.54, 1.807) is 7.11 Å². The lowest BCUT2D eigenvalue weighted by molar-refractivity contribution is -0.129. The van der Waals surface area contributed by atoms with E-state index < -0.39 is 0 Å². The van der Waals surface area contributed by atoms with Crippen LogP contribution in [0.1, 0.15) is 81.0 Å². The molecule has 0 bridgehead atoms. The Morgan fingerprint density at radius 3 is 2.64 bits per heavy atom. The number of aryl methyl sites for hydroxylation is 1. The first kappa shape index (κ1) is 35.8. The topological polar surface area (TPSA) is 48.1 Å². The fraction of sp³-hybridized carbons (Fsp3) is 0.439. The Balaban J connectivity index is 1.40. The van der Waals surface area contributed by atoms with Gasteiger partial charge in [0.25, 0.3) is 5.91 Å². The lowest BCUT2D eigenvalue weighted by Crippen LogP contribution is -2.40. The van der Waals surface area contributed by atoms with Crippen LogP contribution < -0.4 is 10.1 Å². The molecule has 1 unspecified atom stereocenters. The molecule has 4 rings (SSSR count). The molecule has 47 heavy (non-hydrogen) atoms. The van der Waals surface area contributed by atoms with Gasteiger partial charge in [-0.15, -0.1) is 6.42 Å². The van der Waals surface area contributed by atoms with E-state index in [2.05, 4.69) is 98.8 Å². The molecule has 250 valence electrons. The summed E-state index contributed by atoms with van der Waals surface area (Å²) >= 11 is 0. The van der Waals surface area contributed by atoms with Gasteiger partial charge < -0.3 is 19.9 Å². The van der Waals surface area contributed by atoms with E-state index in [-0.39, 0.29) is 17.9 Å². The number of nitrogens with one attached hydrogen (secondary N) is 1. The molecule has 2 heterocycles. The van der Waals surface area contributed by atoms with Crippen LogP contribution in [0.3, 0.4) is 0 Å². The van der Waals surface area contributed by atoms with Gasteiger partial charge in [0.2, 0.25) is 0 Å². The van der Waals surface area contributed by atoms with Gasteiger partial charge in [0.15, 0.2) is 0 Å². The molecule has 6 nitrogen and oxygen atoms in total. The van der Waals surface area contributed by atoms with Gasteiger partial charge >= 0.3 is 0 Å². The number of benzene rings is 2. The normalized spacial score (nSPS) is 16.9. The number of allylic oxidation sites excluding steroid dienone is 4. The Morgan fingerprint density at radius 2 is 1.98 bits per heavy atom. The summed E-state index contributed by atoms with van der Waals surface area (Å²) in [5, 5.41) is 3.68. The van der Waals surface area contributed by atoms with Crippen LogP contribution in [0.5, 0.6) is 5.75 Å². The molecule has 2 aliphatic heterocycles. The molecule has 0 fully saturated rings. The number of ether oxygens (including phenoxy) is 1. The van der Waals surface area contributed by atoms with Crippen molar-refractivity contribution in [1.29, 1.82) is 0 Å². The van der Waals surface area contributed by atoms with Crippen molar-refractivity contribution in [3.63, 3.8) is 0 Å². The molecule has 2 aromatic rings. The van der Waals surface area contributed by atoms with Crippen molar-refractivity contribution in [2.24, 2.45) is 5.92 Å². The van der Waals surface area contributed by atoms with E-state index in [0.717, 1.165) is 56.2 Å². The molecular weight excluding hydrogens is 580 g/mol. The monoisotopic (exact) mass is 634 g/mol. The molecule has 0 radical (unpaired) electrons. The zero-order chi connectivity index (χ0) is 34.4. The highest BCUT2D eigenvalue weighted by Gasteiger charge is 2.30. The number of nitrogens with zero attached hydrogens (tertiary/aromatic N) is 3. The molecule has 1 amide bonds. The average Bonchev–Trinajstić information content (AvgIpc) is 3.05. The maximum absolute atomic E-state index is 13.3. The minimum Gasteiger partial charge on any atom is -0.496 e. The fourth-order valence-corrected chi connectivity index (χ4v) is 6.77. The fourth-order valence-electron chi connectivity index (χ4n) is 6.77. The average molecular weight is 635 g/mol. The number of amides is 1. The summed E-state index contributed by atoms with van der Waals surface area (Å²) in [7, 11) is 3.80. The lowest BCUT2D eigenvalue weighted by Gasteiger charge is -2.37. The van der Waals surface area contributed by atoms with Crippen LogP contribution in [0.15, 0.2) is 71.6 Å². The van der Waals surface area contributed by atoms with Crippen LogP contribution in [0.25, 0.3) is 5.57 Å². The van der Waals surface area contributed by atoms with Crippen LogP contribution in [0.4, 0.5) is 0 Å². The molecule has 1 N–H and O–H groups in total. The second-order valence-corrected chi connectivity index (χ2v) is 13.2. The minimum absolute atomic E-state index is 0.0183. The van der Waals surface area contributed by atoms with E-state index in [0.29, 0.717) is 12.1 Å². The lowest BCUT2D eigenvalue weighted by atomic mass is 9.89. The Kier molecular flexibility index (Phi) is 12.0. The Morgan fingerprint density at radius 1 is 1.23 bits per heavy atom. The second kappa shape index (κ2) is 15.7. The molecule has 2 aromatic carbocycles. The zero-order valence-corrected chi connectivity index (χ0v) is 30.1. The summed E-state index contributed by atoms with van der Waals surface area (Å²) in [5.41, 5.74) is 12.7. The number of hydrogen-bond donors (Lipinski definition) is 1. The third kappa shape index (κ3) is 7.92. The molecule has 0 saturated heterocycles. The van der Waals surface area contributed by atoms with E-state index in [1.807, 2.05) is 31.9 Å². The van der Waals surface area contributed by atoms with Crippen molar-refractivity contribution < 1.29 is 9.53 Å². The number of rotatable bonds is 12. The van der Waals surface area contributed by atoms with Crippen LogP contribution in [0, 0.1) is 25.2 Å². The highest BCUT2D eigenvalue weighted by molar-refractivity contribution is 5.98. The SMILES string of the molecule is C#C/C(=C\C(C)C)C(=O)N1CCc2c(CN(CC)CCNCc3c(C)cc(C4=CN(C)C(=C)C(C)=C4C)cc3OC)cccc2C1C. The molecule has 1 atom stereocenters. The van der Waals surface area contributed by atoms with E-state index in [4.69, 9.17) is 11.2 Å². The molecular formula is C41H54N4O2. The quantitative estimate of drug-likeness (QED) is 0.150. The summed E-state index contributed by atoms with van der Waals surface area (Å²) in [6.45, 7) is 24.2. The summed E-state index contributed by atoms with van der Waals surface area (Å²) in [6.07, 6.45) is 10.6. The number of terminal acetylenes is 1. The van der Waals surface area contributed by atoms with Gasteiger partial charge in [0.1, 0.15) is 5.75 Å². The Labute approximate surface area is 283 Å². The number of fused-ring (bicyclic) bond motifs is 1. The molecule has 0 saturated carbocycles. The molecule has 0 aliphatic carbocycles. The Hall–Kier alpha value is -4.05. The zero-order valence-electron chi connectivity index (χ0n) is 30.1. The smallest absolute Gasteiger partial charge is 0.262 e. The van der Waals surface area contributed by atoms with E-state index >= 15 is 0 Å². The summed E-state index contributed by atoms with van der Waals surface area (Å²) < 4.78 is 5.90. The van der Waals surface area contributed by atoms with Crippen LogP contribution in [-0.2, 0) is 24.3 Å². The first-order valence-corrected chi connectivity index (χ1v) is 16.9. The summed E-state index contributed by atoms with van der Waals surface area (Å²) in [6, 6.07) is 11.0. The van der Waals surface area contributed by atoms with Crippen LogP contribution in [0.2, 0.25) is 0 Å². The Bertz CT molecular complexity index is 1640. The van der Waals surface area contributed by atoms with Gasteiger partial charge in [0.05, 0.1) is 18.7 Å². The van der Waals surface area contributed by atoms with Crippen LogP contribution in [-0.4, -0.2) is 60.9 Å². The largest absolute Gasteiger partial charge is 0.496 e. The first-order valence-electron chi connectivity index (χ1n) is 16.9. The van der Waals surface area contributed by atoms with Gasteiger partial charge in [0, 0.05) is 62.8 Å². The van der Waals surface area contributed by atoms with Crippen molar-refractivity contribution in [3.8, 4) is 18.1 Å². The standard InChI is InChI=1S/C41H54N4O2/c1-12-33(21-27(3)4)41(46)45-19-17-37-34(15-14-16-36(37)32(45)9)25-44(13-2)20-18-42-24-38-28(5)22-35(23-40(38)47-11)39-26-43(10)31(8)29(6)30(39)7/h1,14-16,21-23,26-27,32,42H,8,13,17-20,24-25H2,2-7,9-11H3/b33-21+. The molecule has 2 aliphatic rings. The number of carbonyl (C=O) groups excluding carboxylic acids is 1. The molecule has 0 aromatic heterocycles. The van der Waals surface area contributed by atoms with Gasteiger partial charge in [-0.3, -0.25) is 9.69 Å². The third-order valence-electron chi connectivity index (χ3n) is 9.83. The van der Waals surface area contributed by atoms with Gasteiger partial charge in [-0.2, -0.15) is 0 Å². The minimum atomic E-state index is -0.0421. The third-order valence-corrected chi connectivity index (χ3v) is 9.83. The van der Waals surface area contributed by atoms with E-state index in [1.165, 1.54) is 44.5 Å². The predicted octanol–water partition coefficient (Wildman–Crippen LogP) is 7.41. The maximum Gasteiger partial charge on any atom is 0.262 e. The first-order chi connectivity index (χ1) is 22.4. The molecule has 6 heteroatoms. The van der Waals surface area contributed by atoms with Gasteiger partial charge in [-0.25, -0.2) is 0 Å². The van der Waals surface area contributed by atoms with Crippen molar-refractivity contribution >= 4 is 11.5 Å². The van der Waals surface area contributed by atoms with Crippen molar-refractivity contribution in [3.05, 3.63) is 105 Å². The van der Waals surface area contributed by atoms with Crippen molar-refractivity contribution in [2.75, 3.05) is 40.3 Å². The number of carbonyl (C=O) groups is 1. The van der Waals surface area contributed by atoms with Gasteiger partial charge in [-0.1, -0.05) is 63.6 Å². The van der Waals surface area contributed by atoms with E-state index in [9.17, 15) is 4.79 Å².